The monoisotopic (exact) mass is 565 g/mol. The molecule has 36 heavy (non-hydrogen) atoms. The van der Waals surface area contributed by atoms with Crippen LogP contribution in [0.1, 0.15) is 25.7 Å². The van der Waals surface area contributed by atoms with E-state index in [0.29, 0.717) is 12.8 Å². The molecule has 1 heterocycles. The van der Waals surface area contributed by atoms with Gasteiger partial charge in [-0.15, -0.1) is 0 Å². The van der Waals surface area contributed by atoms with Gasteiger partial charge in [-0.1, -0.05) is 0 Å². The lowest BCUT2D eigenvalue weighted by Gasteiger charge is -2.30. The minimum atomic E-state index is -4.79. The molecule has 3 rings (SSSR count). The van der Waals surface area contributed by atoms with E-state index in [4.69, 9.17) is 0 Å². The molecule has 2 aromatic rings. The second kappa shape index (κ2) is 10.4. The van der Waals surface area contributed by atoms with E-state index >= 15 is 0 Å². The molecule has 1 saturated carbocycles. The maximum absolute atomic E-state index is 11.8. The summed E-state index contributed by atoms with van der Waals surface area (Å²) in [6.45, 7) is 0. The molecule has 0 radical (unpaired) electrons. The first-order chi connectivity index (χ1) is 16.5. The predicted molar refractivity (Wildman–Crippen MR) is 131 cm³/mol. The fourth-order valence-electron chi connectivity index (χ4n) is 3.71. The fraction of sp³-hybridized carbons (Fsp3) is 0.500. The first-order valence-corrected chi connectivity index (χ1v) is 15.3. The molecule has 1 fully saturated rings. The third kappa shape index (κ3) is 7.68. The van der Waals surface area contributed by atoms with E-state index in [1.165, 1.54) is 0 Å². The number of sulfonamides is 1. The molecule has 2 atom stereocenters. The highest BCUT2D eigenvalue weighted by atomic mass is 32.2. The molecule has 1 aliphatic rings. The van der Waals surface area contributed by atoms with E-state index in [0.717, 1.165) is 37.3 Å². The first kappa shape index (κ1) is 27.9. The Morgan fingerprint density at radius 1 is 0.917 bits per heavy atom. The van der Waals surface area contributed by atoms with Crippen LogP contribution in [0.25, 0.3) is 0 Å². The Morgan fingerprint density at radius 2 is 1.56 bits per heavy atom. The van der Waals surface area contributed by atoms with Crippen LogP contribution in [0, 0.1) is 0 Å². The highest BCUT2D eigenvalue weighted by Crippen LogP contribution is 2.28. The van der Waals surface area contributed by atoms with E-state index < -0.39 is 45.7 Å². The largest absolute Gasteiger partial charge is 0.351 e. The number of hydrogen-bond acceptors (Lipinski definition) is 12. The van der Waals surface area contributed by atoms with Crippen molar-refractivity contribution in [2.45, 2.75) is 47.6 Å². The van der Waals surface area contributed by atoms with Gasteiger partial charge in [0, 0.05) is 26.2 Å². The molecule has 0 amide bonds. The number of nitrogens with one attached hydrogen (secondary N) is 3. The highest BCUT2D eigenvalue weighted by molar-refractivity contribution is 7.88. The molecule has 15 nitrogen and oxygen atoms in total. The molecule has 5 N–H and O–H groups in total. The Kier molecular flexibility index (Phi) is 8.06. The molecule has 0 saturated heterocycles. The zero-order chi connectivity index (χ0) is 26.9. The van der Waals surface area contributed by atoms with Crippen LogP contribution in [-0.4, -0.2) is 81.7 Å². The lowest BCUT2D eigenvalue weighted by Crippen LogP contribution is -2.41. The summed E-state index contributed by atoms with van der Waals surface area (Å²) in [7, 11) is -9.55. The smallest absolute Gasteiger partial charge is 0.296 e. The van der Waals surface area contributed by atoms with Gasteiger partial charge in [-0.2, -0.15) is 31.8 Å². The minimum Gasteiger partial charge on any atom is -0.351 e. The van der Waals surface area contributed by atoms with Gasteiger partial charge in [0.25, 0.3) is 20.2 Å². The summed E-state index contributed by atoms with van der Waals surface area (Å²) in [6, 6.07) is 2.00. The normalized spacial score (nSPS) is 19.0. The van der Waals surface area contributed by atoms with Crippen LogP contribution in [0.15, 0.2) is 28.0 Å². The van der Waals surface area contributed by atoms with Gasteiger partial charge in [-0.3, -0.25) is 9.11 Å². The number of rotatable bonds is 9. The van der Waals surface area contributed by atoms with Gasteiger partial charge in [0.05, 0.1) is 16.8 Å². The second-order valence-corrected chi connectivity index (χ2v) is 13.1. The Labute approximate surface area is 209 Å². The lowest BCUT2D eigenvalue weighted by atomic mass is 9.92. The molecule has 1 aliphatic carbocycles. The Bertz CT molecular complexity index is 1450. The topological polar surface area (TPSA) is 221 Å². The first-order valence-electron chi connectivity index (χ1n) is 10.5. The Morgan fingerprint density at radius 3 is 2.14 bits per heavy atom. The third-order valence-electron chi connectivity index (χ3n) is 5.19. The van der Waals surface area contributed by atoms with Gasteiger partial charge >= 0.3 is 0 Å². The van der Waals surface area contributed by atoms with E-state index in [2.05, 4.69) is 30.3 Å². The van der Waals surface area contributed by atoms with Crippen molar-refractivity contribution in [1.29, 1.82) is 0 Å². The summed E-state index contributed by atoms with van der Waals surface area (Å²) in [5.41, 5.74) is -0.399. The molecule has 18 heteroatoms. The molecule has 2 unspecified atom stereocenters. The van der Waals surface area contributed by atoms with Crippen LogP contribution < -0.4 is 20.3 Å². The van der Waals surface area contributed by atoms with Crippen molar-refractivity contribution in [1.82, 2.24) is 19.7 Å². The highest BCUT2D eigenvalue weighted by Gasteiger charge is 2.26. The standard InChI is InChI=1S/C18H27N7O8S3/c1-25(2)18-22-16(19-11-5-4-6-12(9-11)24-34(3,26)27)21-17(23-18)20-14-10-13(35(28,29)30)7-8-15(14)36(31,32)33/h7-8,10-12,24H,4-6,9H2,1-3H3,(H,28,29,30)(H,31,32,33)(H2,19,20,21,22,23). The van der Waals surface area contributed by atoms with Crippen molar-refractivity contribution < 1.29 is 34.4 Å². The lowest BCUT2D eigenvalue weighted by molar-refractivity contribution is 0.385. The van der Waals surface area contributed by atoms with Gasteiger partial charge in [0.15, 0.2) is 0 Å². The van der Waals surface area contributed by atoms with Crippen molar-refractivity contribution >= 4 is 53.8 Å². The predicted octanol–water partition coefficient (Wildman–Crippen LogP) is 0.447. The van der Waals surface area contributed by atoms with Crippen LogP contribution in [0.3, 0.4) is 0 Å². The van der Waals surface area contributed by atoms with Crippen molar-refractivity contribution in [2.24, 2.45) is 0 Å². The average Bonchev–Trinajstić information content (AvgIpc) is 2.71. The second-order valence-electron chi connectivity index (χ2n) is 8.50. The zero-order valence-electron chi connectivity index (χ0n) is 19.6. The molecule has 200 valence electrons. The molecule has 0 bridgehead atoms. The Hall–Kier alpha value is -2.64. The number of benzene rings is 1. The van der Waals surface area contributed by atoms with E-state index in [1.54, 1.807) is 19.0 Å². The van der Waals surface area contributed by atoms with Crippen molar-refractivity contribution in [2.75, 3.05) is 35.9 Å². The molecule has 0 aliphatic heterocycles. The minimum absolute atomic E-state index is 0.0977. The van der Waals surface area contributed by atoms with Gasteiger partial charge in [-0.25, -0.2) is 13.1 Å². The van der Waals surface area contributed by atoms with E-state index in [9.17, 15) is 34.4 Å². The van der Waals surface area contributed by atoms with Crippen LogP contribution in [-0.2, 0) is 30.3 Å². The van der Waals surface area contributed by atoms with Gasteiger partial charge in [0.2, 0.25) is 27.9 Å². The quantitative estimate of drug-likeness (QED) is 0.261. The number of anilines is 4. The summed E-state index contributed by atoms with van der Waals surface area (Å²) in [5, 5.41) is 5.70. The maximum Gasteiger partial charge on any atom is 0.296 e. The summed E-state index contributed by atoms with van der Waals surface area (Å²) in [6.07, 6.45) is 3.72. The number of aromatic nitrogens is 3. The fourth-order valence-corrected chi connectivity index (χ4v) is 5.67. The summed E-state index contributed by atoms with van der Waals surface area (Å²) >= 11 is 0. The van der Waals surface area contributed by atoms with Crippen LogP contribution in [0.4, 0.5) is 23.5 Å². The molecule has 1 aromatic carbocycles. The van der Waals surface area contributed by atoms with Gasteiger partial charge < -0.3 is 15.5 Å². The number of hydrogen-bond donors (Lipinski definition) is 5. The van der Waals surface area contributed by atoms with Crippen molar-refractivity contribution in [3.05, 3.63) is 18.2 Å². The number of nitrogens with zero attached hydrogens (tertiary/aromatic N) is 4. The summed E-state index contributed by atoms with van der Waals surface area (Å²) < 4.78 is 91.4. The van der Waals surface area contributed by atoms with Crippen molar-refractivity contribution in [3.8, 4) is 0 Å². The molecular weight excluding hydrogens is 538 g/mol. The molecular formula is C18H27N7O8S3. The molecule has 0 spiro atoms. The van der Waals surface area contributed by atoms with Gasteiger partial charge in [0.1, 0.15) is 4.90 Å². The van der Waals surface area contributed by atoms with Crippen LogP contribution >= 0.6 is 0 Å². The third-order valence-corrected chi connectivity index (χ3v) is 7.71. The molecule has 1 aromatic heterocycles. The van der Waals surface area contributed by atoms with Crippen LogP contribution in [0.2, 0.25) is 0 Å². The summed E-state index contributed by atoms with van der Waals surface area (Å²) in [4.78, 5) is 13.0. The van der Waals surface area contributed by atoms with E-state index in [-0.39, 0.29) is 29.9 Å². The zero-order valence-corrected chi connectivity index (χ0v) is 22.0. The van der Waals surface area contributed by atoms with Crippen molar-refractivity contribution in [3.63, 3.8) is 0 Å². The van der Waals surface area contributed by atoms with E-state index in [1.807, 2.05) is 0 Å². The van der Waals surface area contributed by atoms with Crippen LogP contribution in [0.5, 0.6) is 0 Å². The average molecular weight is 566 g/mol. The SMILES string of the molecule is CN(C)c1nc(Nc2cc(S(=O)(=O)O)ccc2S(=O)(=O)O)nc(NC2CCCC(NS(C)(=O)=O)C2)n1. The summed E-state index contributed by atoms with van der Waals surface area (Å²) in [5.74, 6) is 0.0757. The van der Waals surface area contributed by atoms with Gasteiger partial charge in [-0.05, 0) is 43.9 Å². The Balaban J connectivity index is 1.95. The maximum atomic E-state index is 11.8.